The van der Waals surface area contributed by atoms with E-state index in [1.54, 1.807) is 60.7 Å². The van der Waals surface area contributed by atoms with Gasteiger partial charge in [0.1, 0.15) is 0 Å². The van der Waals surface area contributed by atoms with Gasteiger partial charge in [0.15, 0.2) is 0 Å². The Hall–Kier alpha value is -3.33. The van der Waals surface area contributed by atoms with Gasteiger partial charge in [0.25, 0.3) is 11.7 Å². The van der Waals surface area contributed by atoms with Crippen LogP contribution in [0.15, 0.2) is 72.0 Å². The Balaban J connectivity index is 1.80. The molecule has 1 aliphatic heterocycles. The number of aromatic nitrogens is 3. The Bertz CT molecular complexity index is 1010. The molecule has 0 amide bonds. The average Bonchev–Trinajstić information content (AvgIpc) is 3.08. The van der Waals surface area contributed by atoms with Crippen molar-refractivity contribution in [1.82, 2.24) is 15.2 Å². The van der Waals surface area contributed by atoms with Gasteiger partial charge in [0.2, 0.25) is 0 Å². The minimum Gasteiger partial charge on any atom is -0.362 e. The van der Waals surface area contributed by atoms with E-state index in [0.29, 0.717) is 21.8 Å². The topological polar surface area (TPSA) is 74.5 Å². The number of rotatable bonds is 3. The molecule has 0 fully saturated rings. The van der Waals surface area contributed by atoms with Crippen molar-refractivity contribution < 1.29 is 18.3 Å². The van der Waals surface area contributed by atoms with Crippen molar-refractivity contribution in [2.45, 2.75) is 18.3 Å². The highest BCUT2D eigenvalue weighted by Crippen LogP contribution is 2.42. The highest BCUT2D eigenvalue weighted by molar-refractivity contribution is 6.03. The minimum absolute atomic E-state index is 0.0779. The number of hydrazone groups is 1. The van der Waals surface area contributed by atoms with Crippen LogP contribution in [0.4, 0.5) is 19.1 Å². The molecule has 2 aromatic carbocycles. The molecule has 3 aromatic rings. The third kappa shape index (κ3) is 3.09. The van der Waals surface area contributed by atoms with E-state index in [4.69, 9.17) is 0 Å². The Kier molecular flexibility index (Phi) is 4.31. The number of alkyl halides is 3. The first-order valence-electron chi connectivity index (χ1n) is 8.36. The molecule has 9 heteroatoms. The Labute approximate surface area is 158 Å². The van der Waals surface area contributed by atoms with Crippen molar-refractivity contribution in [3.8, 4) is 11.3 Å². The number of anilines is 1. The van der Waals surface area contributed by atoms with Gasteiger partial charge < -0.3 is 5.11 Å². The molecule has 6 nitrogen and oxygen atoms in total. The molecule has 4 rings (SSSR count). The molecule has 142 valence electrons. The van der Waals surface area contributed by atoms with Gasteiger partial charge in [-0.25, -0.2) is 4.98 Å². The number of halogens is 3. The lowest BCUT2D eigenvalue weighted by Gasteiger charge is -2.32. The van der Waals surface area contributed by atoms with Crippen molar-refractivity contribution >= 4 is 11.7 Å². The van der Waals surface area contributed by atoms with Crippen molar-refractivity contribution in [2.75, 3.05) is 5.01 Å². The minimum atomic E-state index is -4.99. The molecule has 0 unspecified atom stereocenters. The Morgan fingerprint density at radius 1 is 0.929 bits per heavy atom. The zero-order valence-electron chi connectivity index (χ0n) is 14.4. The Morgan fingerprint density at radius 2 is 1.54 bits per heavy atom. The van der Waals surface area contributed by atoms with Crippen LogP contribution in [-0.2, 0) is 0 Å². The second-order valence-electron chi connectivity index (χ2n) is 6.22. The summed E-state index contributed by atoms with van der Waals surface area (Å²) >= 11 is 0. The van der Waals surface area contributed by atoms with Crippen LogP contribution in [0, 0.1) is 0 Å². The maximum atomic E-state index is 13.8. The quantitative estimate of drug-likeness (QED) is 0.748. The van der Waals surface area contributed by atoms with E-state index in [1.807, 2.05) is 0 Å². The van der Waals surface area contributed by atoms with Gasteiger partial charge in [-0.1, -0.05) is 60.7 Å². The lowest BCUT2D eigenvalue weighted by molar-refractivity contribution is -0.254. The van der Waals surface area contributed by atoms with E-state index in [2.05, 4.69) is 20.3 Å². The van der Waals surface area contributed by atoms with Gasteiger partial charge in [-0.15, -0.1) is 5.10 Å². The fraction of sp³-hybridized carbons (Fsp3) is 0.158. The predicted molar refractivity (Wildman–Crippen MR) is 96.3 cm³/mol. The molecule has 0 spiro atoms. The number of hydrogen-bond donors (Lipinski definition) is 1. The number of hydrogen-bond acceptors (Lipinski definition) is 6. The maximum absolute atomic E-state index is 13.8. The van der Waals surface area contributed by atoms with Crippen LogP contribution in [0.3, 0.4) is 0 Å². The summed E-state index contributed by atoms with van der Waals surface area (Å²) in [5.41, 5.74) is -1.75. The highest BCUT2D eigenvalue weighted by Gasteiger charge is 2.62. The summed E-state index contributed by atoms with van der Waals surface area (Å²) in [6.45, 7) is 0. The van der Waals surface area contributed by atoms with Crippen molar-refractivity contribution in [3.05, 3.63) is 72.4 Å². The summed E-state index contributed by atoms with van der Waals surface area (Å²) in [6.07, 6.45) is -4.40. The van der Waals surface area contributed by atoms with Gasteiger partial charge in [-0.2, -0.15) is 28.4 Å². The number of aliphatic hydroxyl groups is 1. The van der Waals surface area contributed by atoms with Gasteiger partial charge >= 0.3 is 6.18 Å². The highest BCUT2D eigenvalue weighted by atomic mass is 19.4. The summed E-state index contributed by atoms with van der Waals surface area (Å²) in [7, 11) is 0. The second-order valence-corrected chi connectivity index (χ2v) is 6.22. The summed E-state index contributed by atoms with van der Waals surface area (Å²) in [4.78, 5) is 4.15. The monoisotopic (exact) mass is 385 g/mol. The maximum Gasteiger partial charge on any atom is 0.438 e. The molecule has 0 saturated carbocycles. The molecule has 0 saturated heterocycles. The lowest BCUT2D eigenvalue weighted by atomic mass is 10.0. The van der Waals surface area contributed by atoms with Crippen LogP contribution in [0.5, 0.6) is 0 Å². The fourth-order valence-electron chi connectivity index (χ4n) is 2.90. The van der Waals surface area contributed by atoms with Gasteiger partial charge in [-0.05, 0) is 5.56 Å². The molecule has 0 radical (unpaired) electrons. The van der Waals surface area contributed by atoms with Crippen molar-refractivity contribution in [3.63, 3.8) is 0 Å². The van der Waals surface area contributed by atoms with E-state index in [1.165, 1.54) is 6.20 Å². The zero-order valence-corrected chi connectivity index (χ0v) is 14.4. The van der Waals surface area contributed by atoms with Crippen LogP contribution >= 0.6 is 0 Å². The molecule has 2 heterocycles. The zero-order chi connectivity index (χ0) is 19.8. The normalized spacial score (nSPS) is 19.6. The summed E-state index contributed by atoms with van der Waals surface area (Å²) in [5.74, 6) is -0.438. The average molecular weight is 385 g/mol. The van der Waals surface area contributed by atoms with Gasteiger partial charge in [0, 0.05) is 5.56 Å². The number of benzene rings is 2. The molecular formula is C19H14F3N5O. The summed E-state index contributed by atoms with van der Waals surface area (Å²) in [6, 6.07) is 17.2. The second kappa shape index (κ2) is 6.68. The molecular weight excluding hydrogens is 371 g/mol. The largest absolute Gasteiger partial charge is 0.438 e. The van der Waals surface area contributed by atoms with E-state index in [0.717, 1.165) is 0 Å². The molecule has 1 aromatic heterocycles. The van der Waals surface area contributed by atoms with E-state index < -0.39 is 24.3 Å². The fourth-order valence-corrected chi connectivity index (χ4v) is 2.90. The first-order valence-corrected chi connectivity index (χ1v) is 8.36. The third-order valence-electron chi connectivity index (χ3n) is 4.35. The summed E-state index contributed by atoms with van der Waals surface area (Å²) < 4.78 is 41.3. The smallest absolute Gasteiger partial charge is 0.362 e. The summed E-state index contributed by atoms with van der Waals surface area (Å²) in [5, 5.41) is 22.3. The van der Waals surface area contributed by atoms with Crippen LogP contribution in [-0.4, -0.2) is 37.9 Å². The van der Waals surface area contributed by atoms with Crippen LogP contribution in [0.2, 0.25) is 0 Å². The Morgan fingerprint density at radius 3 is 2.14 bits per heavy atom. The first kappa shape index (κ1) is 18.1. The van der Waals surface area contributed by atoms with Gasteiger partial charge in [-0.3, -0.25) is 0 Å². The lowest BCUT2D eigenvalue weighted by Crippen LogP contribution is -2.55. The molecule has 1 N–H and O–H groups in total. The van der Waals surface area contributed by atoms with Crippen LogP contribution in [0.25, 0.3) is 11.3 Å². The molecule has 1 atom stereocenters. The molecule has 1 aliphatic rings. The van der Waals surface area contributed by atoms with Gasteiger partial charge in [0.05, 0.1) is 24.0 Å². The van der Waals surface area contributed by atoms with Crippen LogP contribution in [0.1, 0.15) is 12.0 Å². The van der Waals surface area contributed by atoms with Crippen molar-refractivity contribution in [1.29, 1.82) is 0 Å². The van der Waals surface area contributed by atoms with Crippen LogP contribution < -0.4 is 5.01 Å². The van der Waals surface area contributed by atoms with E-state index in [-0.39, 0.29) is 5.71 Å². The predicted octanol–water partition coefficient (Wildman–Crippen LogP) is 3.40. The standard InChI is InChI=1S/C19H14F3N5O/c20-19(21,22)18(28)11-15(13-7-3-1-4-8-13)26-27(18)17-24-16(12-23-25-17)14-9-5-2-6-10-14/h1-10,12,28H,11H2/t18-/m1/s1. The SMILES string of the molecule is O[C@@]1(C(F)(F)F)CC(c2ccccc2)=NN1c1nncc(-c2ccccc2)n1. The molecule has 0 bridgehead atoms. The number of nitrogens with zero attached hydrogens (tertiary/aromatic N) is 5. The molecule has 28 heavy (non-hydrogen) atoms. The van der Waals surface area contributed by atoms with E-state index >= 15 is 0 Å². The third-order valence-corrected chi connectivity index (χ3v) is 4.35. The molecule has 0 aliphatic carbocycles. The first-order chi connectivity index (χ1) is 13.4. The van der Waals surface area contributed by atoms with E-state index in [9.17, 15) is 18.3 Å². The van der Waals surface area contributed by atoms with Crippen molar-refractivity contribution in [2.24, 2.45) is 5.10 Å².